The Labute approximate surface area is 115 Å². The molecular weight excluding hydrogens is 242 g/mol. The molecule has 0 aliphatic carbocycles. The molecular formula is C15H25NO3. The quantitative estimate of drug-likeness (QED) is 0.755. The Morgan fingerprint density at radius 3 is 2.63 bits per heavy atom. The number of aliphatic hydroxyl groups excluding tert-OH is 1. The van der Waals surface area contributed by atoms with Gasteiger partial charge in [-0.2, -0.15) is 0 Å². The molecule has 0 spiro atoms. The summed E-state index contributed by atoms with van der Waals surface area (Å²) in [5, 5.41) is 9.41. The zero-order valence-corrected chi connectivity index (χ0v) is 12.0. The number of ether oxygens (including phenoxy) is 2. The van der Waals surface area contributed by atoms with Crippen molar-refractivity contribution in [3.63, 3.8) is 0 Å². The molecule has 3 N–H and O–H groups in total. The zero-order valence-electron chi connectivity index (χ0n) is 12.0. The first-order chi connectivity index (χ1) is 9.06. The summed E-state index contributed by atoms with van der Waals surface area (Å²) in [6.07, 6.45) is 0.448. The van der Waals surface area contributed by atoms with Crippen LogP contribution in [0.15, 0.2) is 24.3 Å². The Hall–Kier alpha value is -1.10. The third-order valence-electron chi connectivity index (χ3n) is 2.90. The molecule has 0 heterocycles. The predicted molar refractivity (Wildman–Crippen MR) is 76.1 cm³/mol. The standard InChI is InChI=1S/C15H25NO3/c1-11(2)7-14(16)15(9-17)19-13-6-4-5-12(8-13)10-18-3/h4-6,8,11,14-15,17H,7,9-10,16H2,1-3H3. The van der Waals surface area contributed by atoms with Crippen molar-refractivity contribution in [3.05, 3.63) is 29.8 Å². The molecule has 108 valence electrons. The summed E-state index contributed by atoms with van der Waals surface area (Å²) in [7, 11) is 1.66. The first kappa shape index (κ1) is 16.0. The summed E-state index contributed by atoms with van der Waals surface area (Å²) in [4.78, 5) is 0. The van der Waals surface area contributed by atoms with Gasteiger partial charge in [0.2, 0.25) is 0 Å². The van der Waals surface area contributed by atoms with E-state index in [-0.39, 0.29) is 18.8 Å². The van der Waals surface area contributed by atoms with Gasteiger partial charge in [0, 0.05) is 13.2 Å². The second-order valence-electron chi connectivity index (χ2n) is 5.21. The van der Waals surface area contributed by atoms with Crippen LogP contribution in [0.2, 0.25) is 0 Å². The third kappa shape index (κ3) is 5.59. The van der Waals surface area contributed by atoms with Crippen LogP contribution in [0, 0.1) is 5.92 Å². The van der Waals surface area contributed by atoms with E-state index in [0.29, 0.717) is 18.3 Å². The molecule has 2 atom stereocenters. The molecule has 0 saturated heterocycles. The second kappa shape index (κ2) is 8.15. The van der Waals surface area contributed by atoms with Gasteiger partial charge in [0.25, 0.3) is 0 Å². The maximum absolute atomic E-state index is 9.41. The van der Waals surface area contributed by atoms with Crippen molar-refractivity contribution in [3.8, 4) is 5.75 Å². The van der Waals surface area contributed by atoms with Crippen molar-refractivity contribution in [1.29, 1.82) is 0 Å². The molecule has 4 nitrogen and oxygen atoms in total. The molecule has 1 aromatic carbocycles. The number of hydrogen-bond acceptors (Lipinski definition) is 4. The molecule has 0 fully saturated rings. The molecule has 1 rings (SSSR count). The lowest BCUT2D eigenvalue weighted by atomic mass is 10.0. The molecule has 0 aromatic heterocycles. The molecule has 0 aliphatic heterocycles. The molecule has 0 amide bonds. The lowest BCUT2D eigenvalue weighted by Gasteiger charge is -2.24. The van der Waals surface area contributed by atoms with Crippen LogP contribution in [0.4, 0.5) is 0 Å². The highest BCUT2D eigenvalue weighted by Gasteiger charge is 2.20. The SMILES string of the molecule is COCc1cccc(OC(CO)C(N)CC(C)C)c1. The van der Waals surface area contributed by atoms with Crippen molar-refractivity contribution >= 4 is 0 Å². The fourth-order valence-corrected chi connectivity index (χ4v) is 2.01. The summed E-state index contributed by atoms with van der Waals surface area (Å²) >= 11 is 0. The van der Waals surface area contributed by atoms with Crippen molar-refractivity contribution in [2.45, 2.75) is 39.0 Å². The van der Waals surface area contributed by atoms with Crippen molar-refractivity contribution < 1.29 is 14.6 Å². The van der Waals surface area contributed by atoms with Gasteiger partial charge in [-0.1, -0.05) is 26.0 Å². The van der Waals surface area contributed by atoms with Gasteiger partial charge in [-0.05, 0) is 30.0 Å². The minimum Gasteiger partial charge on any atom is -0.486 e. The monoisotopic (exact) mass is 267 g/mol. The largest absolute Gasteiger partial charge is 0.486 e. The van der Waals surface area contributed by atoms with Gasteiger partial charge in [-0.3, -0.25) is 0 Å². The zero-order chi connectivity index (χ0) is 14.3. The Morgan fingerprint density at radius 1 is 1.32 bits per heavy atom. The Kier molecular flexibility index (Phi) is 6.84. The van der Waals surface area contributed by atoms with Crippen LogP contribution < -0.4 is 10.5 Å². The number of hydrogen-bond donors (Lipinski definition) is 2. The number of rotatable bonds is 8. The minimum absolute atomic E-state index is 0.0810. The van der Waals surface area contributed by atoms with E-state index in [1.807, 2.05) is 24.3 Å². The maximum Gasteiger partial charge on any atom is 0.137 e. The molecule has 19 heavy (non-hydrogen) atoms. The normalized spacial score (nSPS) is 14.4. The first-order valence-corrected chi connectivity index (χ1v) is 6.67. The Morgan fingerprint density at radius 2 is 2.05 bits per heavy atom. The summed E-state index contributed by atoms with van der Waals surface area (Å²) in [5.41, 5.74) is 7.10. The number of methoxy groups -OCH3 is 1. The van der Waals surface area contributed by atoms with Gasteiger partial charge in [0.15, 0.2) is 0 Å². The highest BCUT2D eigenvalue weighted by Crippen LogP contribution is 2.18. The van der Waals surface area contributed by atoms with Crippen molar-refractivity contribution in [2.75, 3.05) is 13.7 Å². The van der Waals surface area contributed by atoms with Crippen LogP contribution in [0.25, 0.3) is 0 Å². The fourth-order valence-electron chi connectivity index (χ4n) is 2.01. The van der Waals surface area contributed by atoms with Crippen LogP contribution >= 0.6 is 0 Å². The van der Waals surface area contributed by atoms with Gasteiger partial charge in [0.1, 0.15) is 11.9 Å². The summed E-state index contributed by atoms with van der Waals surface area (Å²) in [6, 6.07) is 7.49. The lowest BCUT2D eigenvalue weighted by Crippen LogP contribution is -2.42. The van der Waals surface area contributed by atoms with Crippen LogP contribution in [0.3, 0.4) is 0 Å². The van der Waals surface area contributed by atoms with Crippen LogP contribution in [-0.4, -0.2) is 31.0 Å². The topological polar surface area (TPSA) is 64.7 Å². The molecule has 1 aromatic rings. The highest BCUT2D eigenvalue weighted by atomic mass is 16.5. The first-order valence-electron chi connectivity index (χ1n) is 6.67. The molecule has 0 saturated carbocycles. The van der Waals surface area contributed by atoms with E-state index in [0.717, 1.165) is 12.0 Å². The lowest BCUT2D eigenvalue weighted by molar-refractivity contribution is 0.0879. The van der Waals surface area contributed by atoms with Gasteiger partial charge < -0.3 is 20.3 Å². The number of nitrogens with two attached hydrogens (primary N) is 1. The van der Waals surface area contributed by atoms with E-state index >= 15 is 0 Å². The van der Waals surface area contributed by atoms with Gasteiger partial charge in [-0.25, -0.2) is 0 Å². The van der Waals surface area contributed by atoms with Crippen LogP contribution in [0.5, 0.6) is 5.75 Å². The molecule has 0 radical (unpaired) electrons. The van der Waals surface area contributed by atoms with E-state index in [1.165, 1.54) is 0 Å². The fraction of sp³-hybridized carbons (Fsp3) is 0.600. The van der Waals surface area contributed by atoms with E-state index in [2.05, 4.69) is 13.8 Å². The molecule has 2 unspecified atom stereocenters. The highest BCUT2D eigenvalue weighted by molar-refractivity contribution is 5.28. The Bertz CT molecular complexity index is 368. The van der Waals surface area contributed by atoms with Crippen LogP contribution in [0.1, 0.15) is 25.8 Å². The van der Waals surface area contributed by atoms with E-state index in [1.54, 1.807) is 7.11 Å². The number of benzene rings is 1. The Balaban J connectivity index is 2.66. The predicted octanol–water partition coefficient (Wildman–Crippen LogP) is 1.95. The maximum atomic E-state index is 9.41. The molecule has 0 bridgehead atoms. The molecule has 0 aliphatic rings. The third-order valence-corrected chi connectivity index (χ3v) is 2.90. The second-order valence-corrected chi connectivity index (χ2v) is 5.21. The summed E-state index contributed by atoms with van der Waals surface area (Å²) in [6.45, 7) is 4.67. The average Bonchev–Trinajstić information content (AvgIpc) is 2.36. The number of aliphatic hydroxyl groups is 1. The summed E-state index contributed by atoms with van der Waals surface area (Å²) in [5.74, 6) is 1.19. The smallest absolute Gasteiger partial charge is 0.137 e. The summed E-state index contributed by atoms with van der Waals surface area (Å²) < 4.78 is 10.9. The van der Waals surface area contributed by atoms with E-state index < -0.39 is 0 Å². The average molecular weight is 267 g/mol. The molecule has 4 heteroatoms. The minimum atomic E-state index is -0.375. The van der Waals surface area contributed by atoms with Gasteiger partial charge in [0.05, 0.1) is 13.2 Å². The van der Waals surface area contributed by atoms with Crippen LogP contribution in [-0.2, 0) is 11.3 Å². The van der Waals surface area contributed by atoms with Crippen molar-refractivity contribution in [1.82, 2.24) is 0 Å². The van der Waals surface area contributed by atoms with E-state index in [9.17, 15) is 5.11 Å². The van der Waals surface area contributed by atoms with Gasteiger partial charge >= 0.3 is 0 Å². The van der Waals surface area contributed by atoms with Crippen molar-refractivity contribution in [2.24, 2.45) is 11.7 Å². The van der Waals surface area contributed by atoms with Gasteiger partial charge in [-0.15, -0.1) is 0 Å². The van der Waals surface area contributed by atoms with E-state index in [4.69, 9.17) is 15.2 Å².